The molecule has 0 saturated heterocycles. The van der Waals surface area contributed by atoms with Crippen LogP contribution >= 0.6 is 0 Å². The van der Waals surface area contributed by atoms with E-state index in [-0.39, 0.29) is 87.0 Å². The van der Waals surface area contributed by atoms with E-state index in [0.717, 1.165) is 24.3 Å². The van der Waals surface area contributed by atoms with Crippen LogP contribution in [0.25, 0.3) is 10.8 Å². The minimum atomic E-state index is -5.02. The van der Waals surface area contributed by atoms with Gasteiger partial charge in [0.1, 0.15) is 43.2 Å². The first kappa shape index (κ1) is 27.8. The third-order valence-electron chi connectivity index (χ3n) is 3.76. The van der Waals surface area contributed by atoms with Crippen molar-refractivity contribution in [2.24, 2.45) is 10.2 Å². The van der Waals surface area contributed by atoms with Gasteiger partial charge in [-0.15, -0.1) is 10.2 Å². The van der Waals surface area contributed by atoms with Crippen molar-refractivity contribution in [3.63, 3.8) is 0 Å². The third-order valence-corrected chi connectivity index (χ3v) is 5.38. The van der Waals surface area contributed by atoms with Gasteiger partial charge in [-0.3, -0.25) is 0 Å². The first-order valence-electron chi connectivity index (χ1n) is 7.52. The topological polar surface area (TPSA) is 200 Å². The van der Waals surface area contributed by atoms with E-state index < -0.39 is 41.5 Å². The van der Waals surface area contributed by atoms with Crippen LogP contribution in [0.2, 0.25) is 0 Å². The molecule has 0 aliphatic heterocycles. The SMILES string of the molecule is O=S(=O)([O-])c1cc(O)c2c(N=Nc3ccc(O)cc3O)cc(S(=O)(=O)[O-])cc2c1.[Na+].[Na+]. The fraction of sp³-hybridized carbons (Fsp3) is 0. The Labute approximate surface area is 220 Å². The van der Waals surface area contributed by atoms with Crippen molar-refractivity contribution in [2.75, 3.05) is 0 Å². The van der Waals surface area contributed by atoms with Gasteiger partial charge >= 0.3 is 59.1 Å². The molecule has 0 fully saturated rings. The Morgan fingerprint density at radius 3 is 1.71 bits per heavy atom. The Hall–Kier alpha value is -1.26. The number of nitrogens with zero attached hydrogens (tertiary/aromatic N) is 2. The molecule has 0 radical (unpaired) electrons. The molecule has 0 saturated carbocycles. The summed E-state index contributed by atoms with van der Waals surface area (Å²) in [6.07, 6.45) is 0. The van der Waals surface area contributed by atoms with E-state index >= 15 is 0 Å². The molecule has 0 bridgehead atoms. The summed E-state index contributed by atoms with van der Waals surface area (Å²) in [5, 5.41) is 36.1. The van der Waals surface area contributed by atoms with Crippen LogP contribution in [0, 0.1) is 0 Å². The molecule has 15 heteroatoms. The average Bonchev–Trinajstić information content (AvgIpc) is 2.58. The normalized spacial score (nSPS) is 11.8. The predicted octanol–water partition coefficient (Wildman–Crippen LogP) is -3.81. The molecule has 0 aliphatic rings. The zero-order valence-corrected chi connectivity index (χ0v) is 21.7. The van der Waals surface area contributed by atoms with Crippen LogP contribution < -0.4 is 59.1 Å². The van der Waals surface area contributed by atoms with Crippen LogP contribution in [0.3, 0.4) is 0 Å². The smallest absolute Gasteiger partial charge is 0.744 e. The summed E-state index contributed by atoms with van der Waals surface area (Å²) in [7, 11) is -10.0. The molecular weight excluding hydrogens is 474 g/mol. The van der Waals surface area contributed by atoms with Crippen molar-refractivity contribution < 1.29 is 100 Å². The number of phenolic OH excluding ortho intramolecular Hbond substituents is 3. The maximum Gasteiger partial charge on any atom is 1.00 e. The van der Waals surface area contributed by atoms with Crippen LogP contribution in [0.4, 0.5) is 11.4 Å². The van der Waals surface area contributed by atoms with Gasteiger partial charge in [0.05, 0.1) is 20.9 Å². The van der Waals surface area contributed by atoms with E-state index in [0.29, 0.717) is 6.07 Å². The van der Waals surface area contributed by atoms with Crippen molar-refractivity contribution >= 4 is 42.4 Å². The quantitative estimate of drug-likeness (QED) is 0.189. The minimum Gasteiger partial charge on any atom is -0.744 e. The zero-order valence-electron chi connectivity index (χ0n) is 16.0. The fourth-order valence-corrected chi connectivity index (χ4v) is 3.54. The molecule has 3 rings (SSSR count). The summed E-state index contributed by atoms with van der Waals surface area (Å²) in [5.41, 5.74) is -0.485. The second-order valence-corrected chi connectivity index (χ2v) is 8.52. The molecular formula is C16H10N2Na2O9S2. The predicted molar refractivity (Wildman–Crippen MR) is 95.5 cm³/mol. The van der Waals surface area contributed by atoms with Crippen LogP contribution in [-0.2, 0) is 20.2 Å². The zero-order chi connectivity index (χ0) is 21.6. The van der Waals surface area contributed by atoms with E-state index in [1.165, 1.54) is 12.1 Å². The number of rotatable bonds is 4. The molecule has 31 heavy (non-hydrogen) atoms. The molecule has 11 nitrogen and oxygen atoms in total. The summed E-state index contributed by atoms with van der Waals surface area (Å²) in [4.78, 5) is -1.66. The number of hydrogen-bond acceptors (Lipinski definition) is 11. The van der Waals surface area contributed by atoms with E-state index in [9.17, 15) is 41.3 Å². The molecule has 3 aromatic rings. The van der Waals surface area contributed by atoms with Gasteiger partial charge in [-0.2, -0.15) is 0 Å². The Kier molecular flexibility index (Phi) is 9.07. The van der Waals surface area contributed by atoms with Crippen LogP contribution in [0.15, 0.2) is 62.5 Å². The molecule has 3 N–H and O–H groups in total. The molecule has 0 aromatic heterocycles. The minimum absolute atomic E-state index is 0. The number of fused-ring (bicyclic) bond motifs is 1. The standard InChI is InChI=1S/C16H12N2O9S2.2Na/c19-9-1-2-12(14(20)5-9)17-18-13-6-10(28(22,23)24)3-8-4-11(29(25,26)27)7-15(21)16(8)13;;/h1-7,19-21H,(H,22,23,24)(H,25,26,27);;/q;2*+1/p-2. The van der Waals surface area contributed by atoms with Crippen molar-refractivity contribution in [1.82, 2.24) is 0 Å². The van der Waals surface area contributed by atoms with Gasteiger partial charge in [0.25, 0.3) is 0 Å². The van der Waals surface area contributed by atoms with E-state index in [1.54, 1.807) is 0 Å². The third kappa shape index (κ3) is 6.38. The van der Waals surface area contributed by atoms with Crippen molar-refractivity contribution in [1.29, 1.82) is 0 Å². The number of benzene rings is 3. The molecule has 0 spiro atoms. The summed E-state index contributed by atoms with van der Waals surface area (Å²) < 4.78 is 68.0. The van der Waals surface area contributed by atoms with Gasteiger partial charge in [-0.1, -0.05) is 0 Å². The maximum atomic E-state index is 11.4. The molecule has 0 amide bonds. The average molecular weight is 484 g/mol. The first-order valence-corrected chi connectivity index (χ1v) is 10.3. The summed E-state index contributed by atoms with van der Waals surface area (Å²) >= 11 is 0. The van der Waals surface area contributed by atoms with Gasteiger partial charge < -0.3 is 24.4 Å². The van der Waals surface area contributed by atoms with Gasteiger partial charge in [-0.25, -0.2) is 16.8 Å². The molecule has 152 valence electrons. The van der Waals surface area contributed by atoms with Crippen LogP contribution in [0.1, 0.15) is 0 Å². The molecule has 0 heterocycles. The number of aromatic hydroxyl groups is 3. The van der Waals surface area contributed by atoms with Gasteiger partial charge in [0, 0.05) is 6.07 Å². The van der Waals surface area contributed by atoms with Crippen molar-refractivity contribution in [3.8, 4) is 17.2 Å². The second kappa shape index (κ2) is 10.1. The van der Waals surface area contributed by atoms with Crippen molar-refractivity contribution in [2.45, 2.75) is 9.79 Å². The fourth-order valence-electron chi connectivity index (χ4n) is 2.49. The first-order chi connectivity index (χ1) is 13.4. The Morgan fingerprint density at radius 2 is 1.19 bits per heavy atom. The Balaban J connectivity index is 0.00000240. The monoisotopic (exact) mass is 484 g/mol. The molecule has 0 atom stereocenters. The number of phenols is 3. The van der Waals surface area contributed by atoms with Gasteiger partial charge in [0.15, 0.2) is 0 Å². The van der Waals surface area contributed by atoms with Gasteiger partial charge in [0.2, 0.25) is 0 Å². The second-order valence-electron chi connectivity index (χ2n) is 5.76. The maximum absolute atomic E-state index is 11.4. The van der Waals surface area contributed by atoms with E-state index in [4.69, 9.17) is 0 Å². The van der Waals surface area contributed by atoms with Crippen molar-refractivity contribution in [3.05, 3.63) is 42.5 Å². The summed E-state index contributed by atoms with van der Waals surface area (Å²) in [6, 6.07) is 6.34. The Bertz CT molecular complexity index is 1390. The Morgan fingerprint density at radius 1 is 0.677 bits per heavy atom. The summed E-state index contributed by atoms with van der Waals surface area (Å²) in [6.45, 7) is 0. The largest absolute Gasteiger partial charge is 1.00 e. The number of hydrogen-bond donors (Lipinski definition) is 3. The molecule has 3 aromatic carbocycles. The molecule has 0 unspecified atom stereocenters. The van der Waals surface area contributed by atoms with E-state index in [2.05, 4.69) is 10.2 Å². The number of azo groups is 1. The van der Waals surface area contributed by atoms with Gasteiger partial charge in [-0.05, 0) is 41.8 Å². The van der Waals surface area contributed by atoms with Crippen LogP contribution in [-0.4, -0.2) is 41.3 Å². The van der Waals surface area contributed by atoms with E-state index in [1.807, 2.05) is 0 Å². The summed E-state index contributed by atoms with van der Waals surface area (Å²) in [5.74, 6) is -1.44. The van der Waals surface area contributed by atoms with Crippen LogP contribution in [0.5, 0.6) is 17.2 Å². The molecule has 0 aliphatic carbocycles.